The molecule has 0 aliphatic carbocycles. The first-order valence-electron chi connectivity index (χ1n) is 9.59. The largest absolute Gasteiger partial charge is 0.457 e. The van der Waals surface area contributed by atoms with E-state index in [4.69, 9.17) is 4.74 Å². The third-order valence-corrected chi connectivity index (χ3v) is 4.79. The quantitative estimate of drug-likeness (QED) is 0.696. The predicted octanol–water partition coefficient (Wildman–Crippen LogP) is 4.40. The highest BCUT2D eigenvalue weighted by molar-refractivity contribution is 5.96. The molecule has 5 heteroatoms. The van der Waals surface area contributed by atoms with Crippen molar-refractivity contribution in [2.24, 2.45) is 0 Å². The number of carbonyl (C=O) groups is 1. The van der Waals surface area contributed by atoms with Crippen molar-refractivity contribution in [3.63, 3.8) is 0 Å². The molecule has 1 amide bonds. The Kier molecular flexibility index (Phi) is 5.52. The Labute approximate surface area is 165 Å². The van der Waals surface area contributed by atoms with Gasteiger partial charge in [0.15, 0.2) is 0 Å². The van der Waals surface area contributed by atoms with Crippen molar-refractivity contribution in [3.05, 3.63) is 84.1 Å². The van der Waals surface area contributed by atoms with Crippen LogP contribution in [0.5, 0.6) is 11.5 Å². The summed E-state index contributed by atoms with van der Waals surface area (Å²) in [6, 6.07) is 20.8. The Morgan fingerprint density at radius 3 is 2.46 bits per heavy atom. The molecule has 1 saturated heterocycles. The average molecular weight is 373 g/mol. The Morgan fingerprint density at radius 1 is 0.964 bits per heavy atom. The number of carbonyl (C=O) groups excluding carboxylic acids is 1. The van der Waals surface area contributed by atoms with E-state index in [0.29, 0.717) is 23.6 Å². The van der Waals surface area contributed by atoms with Gasteiger partial charge >= 0.3 is 0 Å². The molecule has 5 nitrogen and oxygen atoms in total. The van der Waals surface area contributed by atoms with E-state index < -0.39 is 0 Å². The molecule has 1 aromatic heterocycles. The van der Waals surface area contributed by atoms with Crippen LogP contribution < -0.4 is 15.0 Å². The van der Waals surface area contributed by atoms with E-state index in [0.717, 1.165) is 24.5 Å². The summed E-state index contributed by atoms with van der Waals surface area (Å²) < 4.78 is 5.88. The molecular weight excluding hydrogens is 350 g/mol. The molecule has 0 bridgehead atoms. The fourth-order valence-corrected chi connectivity index (χ4v) is 3.29. The summed E-state index contributed by atoms with van der Waals surface area (Å²) >= 11 is 0. The molecule has 1 aliphatic heterocycles. The first-order chi connectivity index (χ1) is 13.8. The van der Waals surface area contributed by atoms with E-state index in [9.17, 15) is 4.79 Å². The lowest BCUT2D eigenvalue weighted by atomic mass is 10.1. The monoisotopic (exact) mass is 373 g/mol. The SMILES string of the molecule is O=C(NCc1ccc(N2CCCC2)nc1)c1ccccc1Oc1ccccc1. The van der Waals surface area contributed by atoms with E-state index in [-0.39, 0.29) is 5.91 Å². The van der Waals surface area contributed by atoms with Gasteiger partial charge in [0.2, 0.25) is 0 Å². The maximum absolute atomic E-state index is 12.7. The van der Waals surface area contributed by atoms with E-state index in [2.05, 4.69) is 15.2 Å². The highest BCUT2D eigenvalue weighted by atomic mass is 16.5. The molecule has 0 saturated carbocycles. The smallest absolute Gasteiger partial charge is 0.255 e. The number of nitrogens with zero attached hydrogens (tertiary/aromatic N) is 2. The zero-order valence-electron chi connectivity index (χ0n) is 15.7. The lowest BCUT2D eigenvalue weighted by Crippen LogP contribution is -2.23. The standard InChI is InChI=1S/C23H23N3O2/c27-23(20-10-4-5-11-21(20)28-19-8-2-1-3-9-19)25-17-18-12-13-22(24-16-18)26-14-6-7-15-26/h1-5,8-13,16H,6-7,14-15,17H2,(H,25,27). The molecule has 1 fully saturated rings. The summed E-state index contributed by atoms with van der Waals surface area (Å²) in [4.78, 5) is 19.5. The number of hydrogen-bond acceptors (Lipinski definition) is 4. The summed E-state index contributed by atoms with van der Waals surface area (Å²) in [6.45, 7) is 2.56. The lowest BCUT2D eigenvalue weighted by molar-refractivity contribution is 0.0948. The van der Waals surface area contributed by atoms with Crippen LogP contribution in [0.3, 0.4) is 0 Å². The number of hydrogen-bond donors (Lipinski definition) is 1. The minimum atomic E-state index is -0.171. The molecule has 0 atom stereocenters. The van der Waals surface area contributed by atoms with E-state index >= 15 is 0 Å². The number of rotatable bonds is 6. The number of benzene rings is 2. The summed E-state index contributed by atoms with van der Waals surface area (Å²) in [5.41, 5.74) is 1.48. The number of aromatic nitrogens is 1. The number of para-hydroxylation sites is 2. The van der Waals surface area contributed by atoms with Crippen LogP contribution in [0.1, 0.15) is 28.8 Å². The first kappa shape index (κ1) is 18.0. The number of amides is 1. The third-order valence-electron chi connectivity index (χ3n) is 4.79. The molecule has 1 aliphatic rings. The van der Waals surface area contributed by atoms with Crippen LogP contribution in [0.4, 0.5) is 5.82 Å². The molecule has 2 aromatic carbocycles. The second kappa shape index (κ2) is 8.57. The van der Waals surface area contributed by atoms with Crippen LogP contribution in [-0.4, -0.2) is 24.0 Å². The van der Waals surface area contributed by atoms with Crippen molar-refractivity contribution < 1.29 is 9.53 Å². The van der Waals surface area contributed by atoms with Gasteiger partial charge in [-0.05, 0) is 48.7 Å². The topological polar surface area (TPSA) is 54.5 Å². The Hall–Kier alpha value is -3.34. The van der Waals surface area contributed by atoms with Gasteiger partial charge in [0.25, 0.3) is 5.91 Å². The predicted molar refractivity (Wildman–Crippen MR) is 110 cm³/mol. The molecule has 0 spiro atoms. The molecule has 3 aromatic rings. The molecule has 2 heterocycles. The van der Waals surface area contributed by atoms with Gasteiger partial charge in [-0.25, -0.2) is 4.98 Å². The summed E-state index contributed by atoms with van der Waals surface area (Å²) in [5, 5.41) is 2.96. The van der Waals surface area contributed by atoms with E-state index in [1.54, 1.807) is 12.1 Å². The van der Waals surface area contributed by atoms with E-state index in [1.165, 1.54) is 12.8 Å². The van der Waals surface area contributed by atoms with Crippen molar-refractivity contribution in [2.45, 2.75) is 19.4 Å². The molecular formula is C23H23N3O2. The van der Waals surface area contributed by atoms with Crippen LogP contribution in [0.25, 0.3) is 0 Å². The van der Waals surface area contributed by atoms with Crippen LogP contribution in [-0.2, 0) is 6.54 Å². The lowest BCUT2D eigenvalue weighted by Gasteiger charge is -2.16. The summed E-state index contributed by atoms with van der Waals surface area (Å²) in [5.74, 6) is 2.07. The van der Waals surface area contributed by atoms with Crippen LogP contribution in [0.15, 0.2) is 72.9 Å². The second-order valence-electron chi connectivity index (χ2n) is 6.81. The van der Waals surface area contributed by atoms with Crippen LogP contribution in [0, 0.1) is 0 Å². The number of pyridine rings is 1. The second-order valence-corrected chi connectivity index (χ2v) is 6.81. The maximum Gasteiger partial charge on any atom is 0.255 e. The number of nitrogens with one attached hydrogen (secondary N) is 1. The Balaban J connectivity index is 1.40. The van der Waals surface area contributed by atoms with Gasteiger partial charge in [0.1, 0.15) is 17.3 Å². The van der Waals surface area contributed by atoms with Crippen molar-refractivity contribution in [3.8, 4) is 11.5 Å². The van der Waals surface area contributed by atoms with Gasteiger partial charge in [-0.1, -0.05) is 36.4 Å². The molecule has 142 valence electrons. The van der Waals surface area contributed by atoms with Crippen LogP contribution >= 0.6 is 0 Å². The number of ether oxygens (including phenoxy) is 1. The minimum absolute atomic E-state index is 0.171. The van der Waals surface area contributed by atoms with E-state index in [1.807, 2.05) is 60.8 Å². The van der Waals surface area contributed by atoms with Crippen molar-refractivity contribution in [2.75, 3.05) is 18.0 Å². The van der Waals surface area contributed by atoms with Gasteiger partial charge in [-0.2, -0.15) is 0 Å². The molecule has 4 rings (SSSR count). The highest BCUT2D eigenvalue weighted by Crippen LogP contribution is 2.25. The third kappa shape index (κ3) is 4.31. The molecule has 28 heavy (non-hydrogen) atoms. The van der Waals surface area contributed by atoms with Gasteiger partial charge in [0, 0.05) is 25.8 Å². The van der Waals surface area contributed by atoms with Crippen molar-refractivity contribution >= 4 is 11.7 Å². The highest BCUT2D eigenvalue weighted by Gasteiger charge is 2.14. The Bertz CT molecular complexity index is 920. The van der Waals surface area contributed by atoms with Gasteiger partial charge < -0.3 is 15.0 Å². The first-order valence-corrected chi connectivity index (χ1v) is 9.59. The van der Waals surface area contributed by atoms with Gasteiger partial charge in [-0.15, -0.1) is 0 Å². The number of anilines is 1. The van der Waals surface area contributed by atoms with Gasteiger partial charge in [-0.3, -0.25) is 4.79 Å². The molecule has 0 radical (unpaired) electrons. The average Bonchev–Trinajstić information content (AvgIpc) is 3.28. The zero-order valence-corrected chi connectivity index (χ0v) is 15.7. The van der Waals surface area contributed by atoms with Gasteiger partial charge in [0.05, 0.1) is 5.56 Å². The molecule has 1 N–H and O–H groups in total. The Morgan fingerprint density at radius 2 is 1.71 bits per heavy atom. The normalized spacial score (nSPS) is 13.4. The van der Waals surface area contributed by atoms with Crippen LogP contribution in [0.2, 0.25) is 0 Å². The summed E-state index contributed by atoms with van der Waals surface area (Å²) in [6.07, 6.45) is 4.29. The summed E-state index contributed by atoms with van der Waals surface area (Å²) in [7, 11) is 0. The zero-order chi connectivity index (χ0) is 19.2. The fourth-order valence-electron chi connectivity index (χ4n) is 3.29. The minimum Gasteiger partial charge on any atom is -0.457 e. The molecule has 0 unspecified atom stereocenters. The fraction of sp³-hybridized carbons (Fsp3) is 0.217. The maximum atomic E-state index is 12.7. The van der Waals surface area contributed by atoms with Crippen molar-refractivity contribution in [1.29, 1.82) is 0 Å². The van der Waals surface area contributed by atoms with Crippen molar-refractivity contribution in [1.82, 2.24) is 10.3 Å².